The van der Waals surface area contributed by atoms with Crippen molar-refractivity contribution in [2.24, 2.45) is 0 Å². The number of para-hydroxylation sites is 1. The molecule has 1 N–H and O–H groups in total. The number of phenols is 1. The molecule has 0 amide bonds. The lowest BCUT2D eigenvalue weighted by Crippen LogP contribution is -2.13. The Morgan fingerprint density at radius 3 is 2.53 bits per heavy atom. The first-order valence-corrected chi connectivity index (χ1v) is 5.53. The molecule has 0 atom stereocenters. The molecule has 17 heavy (non-hydrogen) atoms. The second-order valence-corrected chi connectivity index (χ2v) is 5.14. The summed E-state index contributed by atoms with van der Waals surface area (Å²) in [5.74, 6) is 1.18. The van der Waals surface area contributed by atoms with Crippen LogP contribution in [0.3, 0.4) is 0 Å². The molecule has 4 nitrogen and oxygen atoms in total. The van der Waals surface area contributed by atoms with Gasteiger partial charge in [-0.1, -0.05) is 38.1 Å². The number of benzene rings is 1. The van der Waals surface area contributed by atoms with Crippen LogP contribution in [-0.2, 0) is 5.41 Å². The average Bonchev–Trinajstić information content (AvgIpc) is 2.70. The summed E-state index contributed by atoms with van der Waals surface area (Å²) in [4.78, 5) is 4.32. The lowest BCUT2D eigenvalue weighted by atomic mass is 9.96. The Balaban J connectivity index is 2.48. The SMILES string of the molecule is Cc1cccc(-c2nc(C(C)(C)C)no2)c1O. The van der Waals surface area contributed by atoms with Gasteiger partial charge in [0, 0.05) is 5.41 Å². The van der Waals surface area contributed by atoms with Gasteiger partial charge in [-0.25, -0.2) is 0 Å². The number of hydrogen-bond acceptors (Lipinski definition) is 4. The van der Waals surface area contributed by atoms with Gasteiger partial charge in [0.15, 0.2) is 5.82 Å². The third kappa shape index (κ3) is 2.16. The lowest BCUT2D eigenvalue weighted by Gasteiger charge is -2.10. The Morgan fingerprint density at radius 1 is 1.24 bits per heavy atom. The minimum Gasteiger partial charge on any atom is -0.507 e. The Labute approximate surface area is 100 Å². The van der Waals surface area contributed by atoms with E-state index in [0.29, 0.717) is 17.3 Å². The number of nitrogens with zero attached hydrogens (tertiary/aromatic N) is 2. The highest BCUT2D eigenvalue weighted by molar-refractivity contribution is 5.64. The van der Waals surface area contributed by atoms with Crippen molar-refractivity contribution in [1.29, 1.82) is 0 Å². The zero-order valence-corrected chi connectivity index (χ0v) is 10.5. The van der Waals surface area contributed by atoms with Gasteiger partial charge in [-0.3, -0.25) is 0 Å². The molecular formula is C13H16N2O2. The van der Waals surface area contributed by atoms with E-state index in [0.717, 1.165) is 5.56 Å². The maximum absolute atomic E-state index is 9.94. The van der Waals surface area contributed by atoms with Crippen molar-refractivity contribution < 1.29 is 9.63 Å². The van der Waals surface area contributed by atoms with Crippen molar-refractivity contribution in [2.45, 2.75) is 33.1 Å². The van der Waals surface area contributed by atoms with Gasteiger partial charge in [0.25, 0.3) is 5.89 Å². The van der Waals surface area contributed by atoms with Gasteiger partial charge in [0.05, 0.1) is 5.56 Å². The van der Waals surface area contributed by atoms with Gasteiger partial charge in [-0.15, -0.1) is 0 Å². The van der Waals surface area contributed by atoms with Crippen LogP contribution in [0.25, 0.3) is 11.5 Å². The van der Waals surface area contributed by atoms with Crippen LogP contribution >= 0.6 is 0 Å². The normalized spacial score (nSPS) is 11.8. The monoisotopic (exact) mass is 232 g/mol. The molecule has 0 aliphatic carbocycles. The largest absolute Gasteiger partial charge is 0.507 e. The average molecular weight is 232 g/mol. The van der Waals surface area contributed by atoms with E-state index in [1.165, 1.54) is 0 Å². The summed E-state index contributed by atoms with van der Waals surface area (Å²) in [6.45, 7) is 7.87. The second kappa shape index (κ2) is 3.87. The Hall–Kier alpha value is -1.84. The summed E-state index contributed by atoms with van der Waals surface area (Å²) in [5, 5.41) is 13.9. The molecule has 0 spiro atoms. The molecule has 0 aliphatic heterocycles. The quantitative estimate of drug-likeness (QED) is 0.821. The molecule has 90 valence electrons. The van der Waals surface area contributed by atoms with E-state index < -0.39 is 0 Å². The molecule has 2 rings (SSSR count). The van der Waals surface area contributed by atoms with Crippen molar-refractivity contribution in [1.82, 2.24) is 10.1 Å². The fourth-order valence-electron chi connectivity index (χ4n) is 1.47. The van der Waals surface area contributed by atoms with Crippen molar-refractivity contribution >= 4 is 0 Å². The minimum atomic E-state index is -0.165. The van der Waals surface area contributed by atoms with Crippen molar-refractivity contribution in [3.8, 4) is 17.2 Å². The fourth-order valence-corrected chi connectivity index (χ4v) is 1.47. The van der Waals surface area contributed by atoms with Gasteiger partial charge in [-0.05, 0) is 18.6 Å². The standard InChI is InChI=1S/C13H16N2O2/c1-8-6-5-7-9(10(8)16)11-14-12(15-17-11)13(2,3)4/h5-7,16H,1-4H3. The highest BCUT2D eigenvalue weighted by Gasteiger charge is 2.22. The van der Waals surface area contributed by atoms with Gasteiger partial charge in [-0.2, -0.15) is 4.98 Å². The molecule has 1 heterocycles. The second-order valence-electron chi connectivity index (χ2n) is 5.14. The van der Waals surface area contributed by atoms with Crippen LogP contribution in [0.5, 0.6) is 5.75 Å². The van der Waals surface area contributed by atoms with E-state index in [9.17, 15) is 5.11 Å². The first kappa shape index (κ1) is 11.6. The van der Waals surface area contributed by atoms with Gasteiger partial charge in [0.1, 0.15) is 5.75 Å². The lowest BCUT2D eigenvalue weighted by molar-refractivity contribution is 0.399. The smallest absolute Gasteiger partial charge is 0.261 e. The van der Waals surface area contributed by atoms with E-state index in [2.05, 4.69) is 10.1 Å². The van der Waals surface area contributed by atoms with E-state index in [1.54, 1.807) is 6.07 Å². The molecule has 0 unspecified atom stereocenters. The van der Waals surface area contributed by atoms with Crippen LogP contribution in [0.1, 0.15) is 32.2 Å². The maximum atomic E-state index is 9.94. The third-order valence-corrected chi connectivity index (χ3v) is 2.57. The summed E-state index contributed by atoms with van der Waals surface area (Å²) in [5.41, 5.74) is 1.20. The molecule has 0 saturated carbocycles. The molecule has 1 aromatic heterocycles. The van der Waals surface area contributed by atoms with Crippen LogP contribution < -0.4 is 0 Å². The molecule has 0 bridgehead atoms. The topological polar surface area (TPSA) is 59.2 Å². The Morgan fingerprint density at radius 2 is 1.94 bits per heavy atom. The summed E-state index contributed by atoms with van der Waals surface area (Å²) in [7, 11) is 0. The number of hydrogen-bond donors (Lipinski definition) is 1. The number of rotatable bonds is 1. The zero-order chi connectivity index (χ0) is 12.6. The molecular weight excluding hydrogens is 216 g/mol. The number of aromatic hydroxyl groups is 1. The van der Waals surface area contributed by atoms with E-state index in [-0.39, 0.29) is 11.2 Å². The number of aryl methyl sites for hydroxylation is 1. The van der Waals surface area contributed by atoms with E-state index in [1.807, 2.05) is 39.8 Å². The predicted molar refractivity (Wildman–Crippen MR) is 64.8 cm³/mol. The molecule has 0 aliphatic rings. The third-order valence-electron chi connectivity index (χ3n) is 2.57. The molecule has 0 fully saturated rings. The van der Waals surface area contributed by atoms with Crippen LogP contribution in [0, 0.1) is 6.92 Å². The number of phenolic OH excluding ortho intramolecular Hbond substituents is 1. The van der Waals surface area contributed by atoms with Gasteiger partial charge in [0.2, 0.25) is 0 Å². The predicted octanol–water partition coefficient (Wildman–Crippen LogP) is 3.05. The van der Waals surface area contributed by atoms with Crippen LogP contribution in [0.15, 0.2) is 22.7 Å². The summed E-state index contributed by atoms with van der Waals surface area (Å²) in [6.07, 6.45) is 0. The van der Waals surface area contributed by atoms with Crippen molar-refractivity contribution in [2.75, 3.05) is 0 Å². The molecule has 0 radical (unpaired) electrons. The Kier molecular flexibility index (Phi) is 2.65. The highest BCUT2D eigenvalue weighted by Crippen LogP contribution is 2.31. The summed E-state index contributed by atoms with van der Waals surface area (Å²) in [6, 6.07) is 5.45. The van der Waals surface area contributed by atoms with Crippen LogP contribution in [0.4, 0.5) is 0 Å². The minimum absolute atomic E-state index is 0.165. The van der Waals surface area contributed by atoms with E-state index >= 15 is 0 Å². The number of aromatic nitrogens is 2. The van der Waals surface area contributed by atoms with Gasteiger partial charge >= 0.3 is 0 Å². The van der Waals surface area contributed by atoms with Crippen molar-refractivity contribution in [3.05, 3.63) is 29.6 Å². The molecule has 4 heteroatoms. The Bertz CT molecular complexity index is 539. The summed E-state index contributed by atoms with van der Waals surface area (Å²) < 4.78 is 5.19. The van der Waals surface area contributed by atoms with Gasteiger partial charge < -0.3 is 9.63 Å². The molecule has 1 aromatic carbocycles. The first-order valence-electron chi connectivity index (χ1n) is 5.53. The van der Waals surface area contributed by atoms with Crippen LogP contribution in [0.2, 0.25) is 0 Å². The van der Waals surface area contributed by atoms with E-state index in [4.69, 9.17) is 4.52 Å². The van der Waals surface area contributed by atoms with Crippen molar-refractivity contribution in [3.63, 3.8) is 0 Å². The zero-order valence-electron chi connectivity index (χ0n) is 10.5. The fraction of sp³-hybridized carbons (Fsp3) is 0.385. The van der Waals surface area contributed by atoms with Crippen LogP contribution in [-0.4, -0.2) is 15.2 Å². The maximum Gasteiger partial charge on any atom is 0.261 e. The molecule has 0 saturated heterocycles. The summed E-state index contributed by atoms with van der Waals surface area (Å²) >= 11 is 0. The highest BCUT2D eigenvalue weighted by atomic mass is 16.5. The molecule has 2 aromatic rings. The first-order chi connectivity index (χ1) is 7.89.